The van der Waals surface area contributed by atoms with Gasteiger partial charge in [-0.2, -0.15) is 5.10 Å². The molecule has 4 rings (SSSR count). The molecule has 3 aromatic rings. The van der Waals surface area contributed by atoms with Gasteiger partial charge in [0.05, 0.1) is 24.6 Å². The lowest BCUT2D eigenvalue weighted by molar-refractivity contribution is 0.396. The second kappa shape index (κ2) is 6.22. The molecule has 0 radical (unpaired) electrons. The first-order chi connectivity index (χ1) is 12.1. The molecule has 7 heteroatoms. The molecule has 1 fully saturated rings. The monoisotopic (exact) mass is 358 g/mol. The standard InChI is InChI=1S/C18H22N4O2S/c1-11-16-17(21(2)20-11)19-18(25-16)22-8-7-12(10-22)14-9-13(23-3)5-6-15(14)24-4/h5-6,9,12H,7-8,10H2,1-4H3. The summed E-state index contributed by atoms with van der Waals surface area (Å²) in [6.07, 6.45) is 1.08. The molecule has 1 unspecified atom stereocenters. The summed E-state index contributed by atoms with van der Waals surface area (Å²) >= 11 is 1.73. The van der Waals surface area contributed by atoms with Gasteiger partial charge in [0, 0.05) is 31.6 Å². The van der Waals surface area contributed by atoms with Crippen molar-refractivity contribution in [2.24, 2.45) is 7.05 Å². The Hall–Kier alpha value is -2.28. The fourth-order valence-corrected chi connectivity index (χ4v) is 4.62. The van der Waals surface area contributed by atoms with E-state index in [1.54, 1.807) is 25.6 Å². The van der Waals surface area contributed by atoms with Crippen LogP contribution in [0.1, 0.15) is 23.6 Å². The van der Waals surface area contributed by atoms with E-state index in [9.17, 15) is 0 Å². The van der Waals surface area contributed by atoms with E-state index in [0.717, 1.165) is 47.5 Å². The van der Waals surface area contributed by atoms with Gasteiger partial charge in [-0.15, -0.1) is 0 Å². The number of aryl methyl sites for hydroxylation is 2. The highest BCUT2D eigenvalue weighted by Crippen LogP contribution is 2.39. The van der Waals surface area contributed by atoms with E-state index >= 15 is 0 Å². The van der Waals surface area contributed by atoms with Crippen LogP contribution in [0.4, 0.5) is 5.13 Å². The zero-order valence-electron chi connectivity index (χ0n) is 14.9. The quantitative estimate of drug-likeness (QED) is 0.716. The second-order valence-electron chi connectivity index (χ2n) is 6.40. The SMILES string of the molecule is COc1ccc(OC)c(C2CCN(c3nc4c(s3)c(C)nn4C)C2)c1. The Morgan fingerprint density at radius 3 is 2.80 bits per heavy atom. The predicted octanol–water partition coefficient (Wildman–Crippen LogP) is 3.35. The van der Waals surface area contributed by atoms with Gasteiger partial charge >= 0.3 is 0 Å². The first-order valence-corrected chi connectivity index (χ1v) is 9.19. The molecule has 2 aromatic heterocycles. The predicted molar refractivity (Wildman–Crippen MR) is 100 cm³/mol. The molecule has 6 nitrogen and oxygen atoms in total. The molecule has 0 spiro atoms. The third-order valence-corrected chi connectivity index (χ3v) is 6.08. The highest BCUT2D eigenvalue weighted by Gasteiger charge is 2.29. The van der Waals surface area contributed by atoms with Crippen molar-refractivity contribution in [3.63, 3.8) is 0 Å². The van der Waals surface area contributed by atoms with Crippen LogP contribution < -0.4 is 14.4 Å². The molecule has 1 aromatic carbocycles. The third kappa shape index (κ3) is 2.72. The van der Waals surface area contributed by atoms with Gasteiger partial charge in [-0.25, -0.2) is 9.67 Å². The van der Waals surface area contributed by atoms with E-state index in [0.29, 0.717) is 5.92 Å². The van der Waals surface area contributed by atoms with Gasteiger partial charge in [-0.3, -0.25) is 0 Å². The maximum Gasteiger partial charge on any atom is 0.188 e. The number of thiazole rings is 1. The van der Waals surface area contributed by atoms with Gasteiger partial charge < -0.3 is 14.4 Å². The fraction of sp³-hybridized carbons (Fsp3) is 0.444. The lowest BCUT2D eigenvalue weighted by Gasteiger charge is -2.17. The minimum absolute atomic E-state index is 0.413. The molecule has 1 aliphatic rings. The number of anilines is 1. The van der Waals surface area contributed by atoms with Gasteiger partial charge in [-0.05, 0) is 31.5 Å². The number of ether oxygens (including phenoxy) is 2. The molecule has 0 saturated carbocycles. The number of nitrogens with zero attached hydrogens (tertiary/aromatic N) is 4. The van der Waals surface area contributed by atoms with E-state index in [1.165, 1.54) is 10.3 Å². The van der Waals surface area contributed by atoms with Crippen LogP contribution in [0.15, 0.2) is 18.2 Å². The Balaban J connectivity index is 1.61. The van der Waals surface area contributed by atoms with Gasteiger partial charge in [-0.1, -0.05) is 11.3 Å². The van der Waals surface area contributed by atoms with Crippen LogP contribution in [0.3, 0.4) is 0 Å². The Morgan fingerprint density at radius 2 is 2.08 bits per heavy atom. The summed E-state index contributed by atoms with van der Waals surface area (Å²) in [4.78, 5) is 7.18. The normalized spacial score (nSPS) is 17.4. The van der Waals surface area contributed by atoms with E-state index in [2.05, 4.69) is 16.1 Å². The maximum absolute atomic E-state index is 5.57. The zero-order chi connectivity index (χ0) is 17.6. The molecule has 25 heavy (non-hydrogen) atoms. The summed E-state index contributed by atoms with van der Waals surface area (Å²) in [5.41, 5.74) is 3.23. The average Bonchev–Trinajstić information content (AvgIpc) is 3.32. The molecule has 3 heterocycles. The van der Waals surface area contributed by atoms with Crippen molar-refractivity contribution in [1.82, 2.24) is 14.8 Å². The second-order valence-corrected chi connectivity index (χ2v) is 7.38. The number of benzene rings is 1. The number of fused-ring (bicyclic) bond motifs is 1. The van der Waals surface area contributed by atoms with Crippen molar-refractivity contribution < 1.29 is 9.47 Å². The largest absolute Gasteiger partial charge is 0.497 e. The van der Waals surface area contributed by atoms with Gasteiger partial charge in [0.15, 0.2) is 10.8 Å². The summed E-state index contributed by atoms with van der Waals surface area (Å²) in [6.45, 7) is 3.98. The number of methoxy groups -OCH3 is 2. The van der Waals surface area contributed by atoms with Gasteiger partial charge in [0.1, 0.15) is 11.5 Å². The maximum atomic E-state index is 5.57. The zero-order valence-corrected chi connectivity index (χ0v) is 15.8. The van der Waals surface area contributed by atoms with Crippen molar-refractivity contribution in [2.75, 3.05) is 32.2 Å². The molecule has 0 N–H and O–H groups in total. The molecule has 1 saturated heterocycles. The molecule has 132 valence electrons. The van der Waals surface area contributed by atoms with Crippen LogP contribution in [-0.4, -0.2) is 42.1 Å². The van der Waals surface area contributed by atoms with Crippen molar-refractivity contribution >= 4 is 26.8 Å². The number of aromatic nitrogens is 3. The van der Waals surface area contributed by atoms with Crippen LogP contribution in [0.5, 0.6) is 11.5 Å². The lowest BCUT2D eigenvalue weighted by Crippen LogP contribution is -2.19. The lowest BCUT2D eigenvalue weighted by atomic mass is 9.97. The molecule has 0 aliphatic carbocycles. The topological polar surface area (TPSA) is 52.4 Å². The molecule has 0 amide bonds. The summed E-state index contributed by atoms with van der Waals surface area (Å²) in [6, 6.07) is 6.03. The molecule has 1 aliphatic heterocycles. The number of hydrogen-bond acceptors (Lipinski definition) is 6. The third-order valence-electron chi connectivity index (χ3n) is 4.87. The molecular formula is C18H22N4O2S. The minimum Gasteiger partial charge on any atom is -0.497 e. The van der Waals surface area contributed by atoms with Crippen LogP contribution in [0.2, 0.25) is 0 Å². The van der Waals surface area contributed by atoms with Gasteiger partial charge in [0.2, 0.25) is 0 Å². The summed E-state index contributed by atoms with van der Waals surface area (Å²) in [7, 11) is 5.37. The van der Waals surface area contributed by atoms with E-state index < -0.39 is 0 Å². The van der Waals surface area contributed by atoms with Crippen LogP contribution in [0.25, 0.3) is 10.3 Å². The van der Waals surface area contributed by atoms with Crippen molar-refractivity contribution in [3.8, 4) is 11.5 Å². The highest BCUT2D eigenvalue weighted by molar-refractivity contribution is 7.22. The Labute approximate surface area is 151 Å². The number of hydrogen-bond donors (Lipinski definition) is 0. The van der Waals surface area contributed by atoms with Crippen molar-refractivity contribution in [3.05, 3.63) is 29.5 Å². The Bertz CT molecular complexity index is 883. The van der Waals surface area contributed by atoms with Crippen molar-refractivity contribution in [2.45, 2.75) is 19.3 Å². The Morgan fingerprint density at radius 1 is 1.24 bits per heavy atom. The van der Waals surface area contributed by atoms with E-state index in [1.807, 2.05) is 30.8 Å². The molecular weight excluding hydrogens is 336 g/mol. The summed E-state index contributed by atoms with van der Waals surface area (Å²) in [5, 5.41) is 5.52. The van der Waals surface area contributed by atoms with E-state index in [-0.39, 0.29) is 0 Å². The van der Waals surface area contributed by atoms with Crippen LogP contribution in [0, 0.1) is 6.92 Å². The van der Waals surface area contributed by atoms with Crippen LogP contribution >= 0.6 is 11.3 Å². The summed E-state index contributed by atoms with van der Waals surface area (Å²) < 4.78 is 14.0. The fourth-order valence-electron chi connectivity index (χ4n) is 3.56. The number of rotatable bonds is 4. The van der Waals surface area contributed by atoms with E-state index in [4.69, 9.17) is 14.5 Å². The molecule has 1 atom stereocenters. The van der Waals surface area contributed by atoms with Gasteiger partial charge in [0.25, 0.3) is 0 Å². The smallest absolute Gasteiger partial charge is 0.188 e. The van der Waals surface area contributed by atoms with Crippen molar-refractivity contribution in [1.29, 1.82) is 0 Å². The highest BCUT2D eigenvalue weighted by atomic mass is 32.1. The first-order valence-electron chi connectivity index (χ1n) is 8.37. The molecule has 0 bridgehead atoms. The summed E-state index contributed by atoms with van der Waals surface area (Å²) in [5.74, 6) is 2.21. The Kier molecular flexibility index (Phi) is 4.03. The average molecular weight is 358 g/mol. The first kappa shape index (κ1) is 16.2. The van der Waals surface area contributed by atoms with Crippen LogP contribution in [-0.2, 0) is 7.05 Å². The minimum atomic E-state index is 0.413.